The number of unbranched alkanes of at least 4 members (excludes halogenated alkanes) is 11. The number of amides is 1. The van der Waals surface area contributed by atoms with Gasteiger partial charge in [-0.3, -0.25) is 4.79 Å². The van der Waals surface area contributed by atoms with Crippen molar-refractivity contribution in [3.05, 3.63) is 48.6 Å². The van der Waals surface area contributed by atoms with Crippen molar-refractivity contribution in [2.24, 2.45) is 0 Å². The smallest absolute Gasteiger partial charge is 0.249 e. The number of aliphatic hydroxyl groups excluding tert-OH is 4. The normalized spacial score (nSPS) is 15.4. The van der Waals surface area contributed by atoms with E-state index in [1.54, 1.807) is 6.08 Å². The van der Waals surface area contributed by atoms with Gasteiger partial charge in [0.15, 0.2) is 0 Å². The fourth-order valence-electron chi connectivity index (χ4n) is 4.34. The van der Waals surface area contributed by atoms with Crippen LogP contribution in [0, 0.1) is 0 Å². The number of rotatable bonds is 27. The van der Waals surface area contributed by atoms with Crippen LogP contribution in [-0.4, -0.2) is 57.3 Å². The molecule has 0 rings (SSSR count). The summed E-state index contributed by atoms with van der Waals surface area (Å²) in [6.07, 6.45) is 31.5. The number of aliphatic hydroxyl groups is 4. The molecule has 0 bridgehead atoms. The molecule has 0 aliphatic rings. The Balaban J connectivity index is 4.10. The third-order valence-corrected chi connectivity index (χ3v) is 7.00. The van der Waals surface area contributed by atoms with Crippen molar-refractivity contribution in [1.29, 1.82) is 0 Å². The third kappa shape index (κ3) is 23.0. The van der Waals surface area contributed by atoms with E-state index < -0.39 is 36.9 Å². The maximum Gasteiger partial charge on any atom is 0.249 e. The van der Waals surface area contributed by atoms with E-state index >= 15 is 0 Å². The first kappa shape index (κ1) is 38.3. The van der Waals surface area contributed by atoms with Crippen LogP contribution in [0.25, 0.3) is 0 Å². The summed E-state index contributed by atoms with van der Waals surface area (Å²) in [4.78, 5) is 12.3. The van der Waals surface area contributed by atoms with Gasteiger partial charge >= 0.3 is 0 Å². The minimum absolute atomic E-state index is 0.148. The van der Waals surface area contributed by atoms with Gasteiger partial charge in [-0.1, -0.05) is 107 Å². The molecule has 0 fully saturated rings. The lowest BCUT2D eigenvalue weighted by Gasteiger charge is -2.27. The highest BCUT2D eigenvalue weighted by Gasteiger charge is 2.28. The van der Waals surface area contributed by atoms with E-state index in [4.69, 9.17) is 0 Å². The minimum Gasteiger partial charge on any atom is -0.394 e. The first-order valence-electron chi connectivity index (χ1n) is 16.0. The Morgan fingerprint density at radius 2 is 1.15 bits per heavy atom. The summed E-state index contributed by atoms with van der Waals surface area (Å²) in [6, 6.07) is -1.04. The largest absolute Gasteiger partial charge is 0.394 e. The van der Waals surface area contributed by atoms with Crippen molar-refractivity contribution in [3.8, 4) is 0 Å². The molecule has 0 spiro atoms. The van der Waals surface area contributed by atoms with Crippen molar-refractivity contribution < 1.29 is 25.2 Å². The standard InChI is InChI=1S/C34H61NO5/c1-3-5-7-9-11-13-15-17-19-21-23-25-27-31(37)33(39)30(29-36)35-34(40)32(38)28-26-24-22-20-18-16-14-12-10-8-6-4-2/h11,13,18-21,24,26,30-33,36-39H,3-10,12,14-17,22-23,25,27-29H2,1-2H3,(H,35,40)/b13-11+,20-18-,21-19+,26-24-. The molecule has 4 unspecified atom stereocenters. The van der Waals surface area contributed by atoms with Gasteiger partial charge in [-0.25, -0.2) is 0 Å². The molecular weight excluding hydrogens is 502 g/mol. The molecule has 0 heterocycles. The fraction of sp³-hybridized carbons (Fsp3) is 0.735. The zero-order chi connectivity index (χ0) is 29.7. The van der Waals surface area contributed by atoms with Crippen LogP contribution in [0.5, 0.6) is 0 Å². The third-order valence-electron chi connectivity index (χ3n) is 7.00. The monoisotopic (exact) mass is 563 g/mol. The Kier molecular flexibility index (Phi) is 27.5. The van der Waals surface area contributed by atoms with E-state index in [0.29, 0.717) is 12.8 Å². The molecule has 4 atom stereocenters. The molecule has 1 amide bonds. The van der Waals surface area contributed by atoms with Crippen molar-refractivity contribution in [1.82, 2.24) is 5.32 Å². The maximum atomic E-state index is 12.3. The van der Waals surface area contributed by atoms with Gasteiger partial charge in [-0.15, -0.1) is 0 Å². The van der Waals surface area contributed by atoms with Crippen LogP contribution in [0.3, 0.4) is 0 Å². The van der Waals surface area contributed by atoms with Gasteiger partial charge in [-0.2, -0.15) is 0 Å². The van der Waals surface area contributed by atoms with E-state index in [9.17, 15) is 25.2 Å². The van der Waals surface area contributed by atoms with Gasteiger partial charge in [-0.05, 0) is 64.2 Å². The molecule has 232 valence electrons. The first-order valence-corrected chi connectivity index (χ1v) is 16.0. The Labute approximate surface area is 245 Å². The Bertz CT molecular complexity index is 688. The second-order valence-corrected chi connectivity index (χ2v) is 10.8. The predicted octanol–water partition coefficient (Wildman–Crippen LogP) is 6.83. The number of carbonyl (C=O) groups excluding carboxylic acids is 1. The highest BCUT2D eigenvalue weighted by molar-refractivity contribution is 5.81. The van der Waals surface area contributed by atoms with Crippen LogP contribution < -0.4 is 5.32 Å². The maximum absolute atomic E-state index is 12.3. The SMILES string of the molecule is CCCCC/C=C/CC/C=C/CCCC(O)C(O)C(CO)NC(=O)C(O)C/C=C\C/C=C\CCCCCCCC. The van der Waals surface area contributed by atoms with E-state index in [-0.39, 0.29) is 6.42 Å². The predicted molar refractivity (Wildman–Crippen MR) is 168 cm³/mol. The zero-order valence-electron chi connectivity index (χ0n) is 25.6. The average molecular weight is 564 g/mol. The number of hydrogen-bond donors (Lipinski definition) is 5. The molecule has 0 radical (unpaired) electrons. The Morgan fingerprint density at radius 3 is 1.80 bits per heavy atom. The second kappa shape index (κ2) is 28.8. The summed E-state index contributed by atoms with van der Waals surface area (Å²) in [5.74, 6) is -0.670. The molecule has 6 heteroatoms. The van der Waals surface area contributed by atoms with Gasteiger partial charge in [0, 0.05) is 6.42 Å². The number of allylic oxidation sites excluding steroid dienone is 7. The van der Waals surface area contributed by atoms with Crippen LogP contribution >= 0.6 is 0 Å². The van der Waals surface area contributed by atoms with Crippen LogP contribution in [0.2, 0.25) is 0 Å². The number of nitrogens with one attached hydrogen (secondary N) is 1. The summed E-state index contributed by atoms with van der Waals surface area (Å²) >= 11 is 0. The van der Waals surface area contributed by atoms with Gasteiger partial charge < -0.3 is 25.7 Å². The zero-order valence-corrected chi connectivity index (χ0v) is 25.6. The molecule has 0 aromatic carbocycles. The van der Waals surface area contributed by atoms with E-state index in [1.807, 2.05) is 6.08 Å². The minimum atomic E-state index is -1.31. The van der Waals surface area contributed by atoms with Crippen molar-refractivity contribution in [3.63, 3.8) is 0 Å². The summed E-state index contributed by atoms with van der Waals surface area (Å²) in [5, 5.41) is 43.0. The molecule has 0 saturated heterocycles. The topological polar surface area (TPSA) is 110 Å². The molecule has 6 nitrogen and oxygen atoms in total. The highest BCUT2D eigenvalue weighted by atomic mass is 16.3. The molecule has 0 aliphatic carbocycles. The summed E-state index contributed by atoms with van der Waals surface area (Å²) in [5.41, 5.74) is 0. The van der Waals surface area contributed by atoms with Crippen molar-refractivity contribution in [2.75, 3.05) is 6.61 Å². The molecule has 0 saturated carbocycles. The van der Waals surface area contributed by atoms with Crippen LogP contribution in [0.4, 0.5) is 0 Å². The van der Waals surface area contributed by atoms with E-state index in [2.05, 4.69) is 55.6 Å². The number of carbonyl (C=O) groups is 1. The Hall–Kier alpha value is -1.73. The molecule has 0 aromatic rings. The highest BCUT2D eigenvalue weighted by Crippen LogP contribution is 2.11. The molecule has 0 aromatic heterocycles. The lowest BCUT2D eigenvalue weighted by Crippen LogP contribution is -2.52. The quantitative estimate of drug-likeness (QED) is 0.0556. The molecular formula is C34H61NO5. The first-order chi connectivity index (χ1) is 19.5. The van der Waals surface area contributed by atoms with Gasteiger partial charge in [0.05, 0.1) is 18.8 Å². The van der Waals surface area contributed by atoms with Gasteiger partial charge in [0.25, 0.3) is 0 Å². The summed E-state index contributed by atoms with van der Waals surface area (Å²) in [7, 11) is 0. The summed E-state index contributed by atoms with van der Waals surface area (Å²) < 4.78 is 0. The van der Waals surface area contributed by atoms with E-state index in [1.165, 1.54) is 57.8 Å². The lowest BCUT2D eigenvalue weighted by molar-refractivity contribution is -0.132. The van der Waals surface area contributed by atoms with E-state index in [0.717, 1.165) is 38.5 Å². The molecule has 5 N–H and O–H groups in total. The number of hydrogen-bond acceptors (Lipinski definition) is 5. The van der Waals surface area contributed by atoms with Crippen LogP contribution in [-0.2, 0) is 4.79 Å². The average Bonchev–Trinajstić information content (AvgIpc) is 2.96. The molecule has 40 heavy (non-hydrogen) atoms. The van der Waals surface area contributed by atoms with Crippen molar-refractivity contribution >= 4 is 5.91 Å². The van der Waals surface area contributed by atoms with Crippen LogP contribution in [0.15, 0.2) is 48.6 Å². The van der Waals surface area contributed by atoms with Gasteiger partial charge in [0.1, 0.15) is 12.2 Å². The van der Waals surface area contributed by atoms with Gasteiger partial charge in [0.2, 0.25) is 5.91 Å². The fourth-order valence-corrected chi connectivity index (χ4v) is 4.34. The van der Waals surface area contributed by atoms with Crippen LogP contribution in [0.1, 0.15) is 129 Å². The lowest BCUT2D eigenvalue weighted by atomic mass is 10.0. The molecule has 0 aliphatic heterocycles. The Morgan fingerprint density at radius 1 is 0.650 bits per heavy atom. The second-order valence-electron chi connectivity index (χ2n) is 10.8. The summed E-state index contributed by atoms with van der Waals surface area (Å²) in [6.45, 7) is 3.91. The van der Waals surface area contributed by atoms with Crippen molar-refractivity contribution in [2.45, 2.75) is 154 Å².